The highest BCUT2D eigenvalue weighted by Crippen LogP contribution is 2.43. The average molecular weight is 310 g/mol. The number of rotatable bonds is 1. The SMILES string of the molecule is Nc1nccnc1C(=O)N1CCCC2(C1)OCc1ccccc12. The minimum Gasteiger partial charge on any atom is -0.382 e. The summed E-state index contributed by atoms with van der Waals surface area (Å²) in [6.45, 7) is 1.81. The molecule has 0 radical (unpaired) electrons. The van der Waals surface area contributed by atoms with Crippen LogP contribution in [0.5, 0.6) is 0 Å². The van der Waals surface area contributed by atoms with Gasteiger partial charge in [-0.3, -0.25) is 4.79 Å². The van der Waals surface area contributed by atoms with Gasteiger partial charge in [0, 0.05) is 18.9 Å². The highest BCUT2D eigenvalue weighted by molar-refractivity contribution is 5.96. The van der Waals surface area contributed by atoms with E-state index in [2.05, 4.69) is 22.1 Å². The lowest BCUT2D eigenvalue weighted by atomic mass is 9.85. The number of nitrogen functional groups attached to an aromatic ring is 1. The first-order valence-electron chi connectivity index (χ1n) is 7.78. The van der Waals surface area contributed by atoms with Gasteiger partial charge in [-0.05, 0) is 24.0 Å². The Bertz CT molecular complexity index is 760. The summed E-state index contributed by atoms with van der Waals surface area (Å²) in [5, 5.41) is 0. The number of aromatic nitrogens is 2. The van der Waals surface area contributed by atoms with Crippen molar-refractivity contribution in [3.8, 4) is 0 Å². The van der Waals surface area contributed by atoms with E-state index in [1.54, 1.807) is 4.90 Å². The molecule has 0 bridgehead atoms. The number of likely N-dealkylation sites (tertiary alicyclic amines) is 1. The summed E-state index contributed by atoms with van der Waals surface area (Å²) in [4.78, 5) is 22.6. The first kappa shape index (κ1) is 14.1. The van der Waals surface area contributed by atoms with E-state index in [9.17, 15) is 4.79 Å². The van der Waals surface area contributed by atoms with Crippen LogP contribution in [0.1, 0.15) is 34.5 Å². The van der Waals surface area contributed by atoms with Gasteiger partial charge in [-0.2, -0.15) is 0 Å². The van der Waals surface area contributed by atoms with Gasteiger partial charge in [0.05, 0.1) is 13.2 Å². The predicted octanol–water partition coefficient (Wildman–Crippen LogP) is 1.72. The van der Waals surface area contributed by atoms with Gasteiger partial charge in [0.2, 0.25) is 0 Å². The second kappa shape index (κ2) is 5.31. The maximum atomic E-state index is 12.8. The molecule has 1 aromatic heterocycles. The fourth-order valence-corrected chi connectivity index (χ4v) is 3.58. The van der Waals surface area contributed by atoms with Crippen molar-refractivity contribution in [2.75, 3.05) is 18.8 Å². The molecule has 2 aliphatic heterocycles. The number of carbonyl (C=O) groups is 1. The van der Waals surface area contributed by atoms with E-state index in [-0.39, 0.29) is 17.4 Å². The van der Waals surface area contributed by atoms with Crippen LogP contribution in [-0.4, -0.2) is 33.9 Å². The number of amides is 1. The number of carbonyl (C=O) groups excluding carboxylic acids is 1. The van der Waals surface area contributed by atoms with E-state index in [1.807, 2.05) is 12.1 Å². The summed E-state index contributed by atoms with van der Waals surface area (Å²) in [5.41, 5.74) is 8.02. The minimum absolute atomic E-state index is 0.171. The molecule has 1 amide bonds. The number of fused-ring (bicyclic) bond motifs is 2. The Hall–Kier alpha value is -2.47. The maximum absolute atomic E-state index is 12.8. The van der Waals surface area contributed by atoms with Crippen molar-refractivity contribution in [3.63, 3.8) is 0 Å². The number of nitrogens with two attached hydrogens (primary N) is 1. The predicted molar refractivity (Wildman–Crippen MR) is 84.5 cm³/mol. The lowest BCUT2D eigenvalue weighted by Gasteiger charge is -2.40. The fourth-order valence-electron chi connectivity index (χ4n) is 3.58. The fraction of sp³-hybridized carbons (Fsp3) is 0.353. The van der Waals surface area contributed by atoms with Gasteiger partial charge in [-0.15, -0.1) is 0 Å². The number of nitrogens with zero attached hydrogens (tertiary/aromatic N) is 3. The van der Waals surface area contributed by atoms with Crippen LogP contribution in [0.2, 0.25) is 0 Å². The van der Waals surface area contributed by atoms with Crippen molar-refractivity contribution in [2.24, 2.45) is 0 Å². The second-order valence-corrected chi connectivity index (χ2v) is 6.06. The Morgan fingerprint density at radius 1 is 1.26 bits per heavy atom. The van der Waals surface area contributed by atoms with Crippen molar-refractivity contribution in [2.45, 2.75) is 25.0 Å². The van der Waals surface area contributed by atoms with Crippen LogP contribution in [0.15, 0.2) is 36.7 Å². The molecular weight excluding hydrogens is 292 g/mol. The van der Waals surface area contributed by atoms with E-state index >= 15 is 0 Å². The molecule has 6 heteroatoms. The van der Waals surface area contributed by atoms with Crippen molar-refractivity contribution < 1.29 is 9.53 Å². The molecule has 3 heterocycles. The highest BCUT2D eigenvalue weighted by Gasteiger charge is 2.44. The molecule has 6 nitrogen and oxygen atoms in total. The Morgan fingerprint density at radius 3 is 2.96 bits per heavy atom. The zero-order chi connectivity index (χ0) is 15.9. The molecule has 2 aliphatic rings. The Balaban J connectivity index is 1.64. The molecule has 0 aliphatic carbocycles. The summed E-state index contributed by atoms with van der Waals surface area (Å²) >= 11 is 0. The van der Waals surface area contributed by atoms with Gasteiger partial charge in [0.15, 0.2) is 11.5 Å². The highest BCUT2D eigenvalue weighted by atomic mass is 16.5. The molecule has 2 N–H and O–H groups in total. The monoisotopic (exact) mass is 310 g/mol. The Morgan fingerprint density at radius 2 is 2.09 bits per heavy atom. The maximum Gasteiger partial charge on any atom is 0.276 e. The van der Waals surface area contributed by atoms with E-state index in [0.717, 1.165) is 12.8 Å². The quantitative estimate of drug-likeness (QED) is 0.867. The van der Waals surface area contributed by atoms with Gasteiger partial charge >= 0.3 is 0 Å². The first-order chi connectivity index (χ1) is 11.2. The molecule has 1 spiro atoms. The van der Waals surface area contributed by atoms with Crippen LogP contribution < -0.4 is 5.73 Å². The van der Waals surface area contributed by atoms with Crippen LogP contribution in [0.25, 0.3) is 0 Å². The molecule has 1 unspecified atom stereocenters. The molecule has 118 valence electrons. The van der Waals surface area contributed by atoms with Crippen molar-refractivity contribution in [1.82, 2.24) is 14.9 Å². The number of hydrogen-bond donors (Lipinski definition) is 1. The molecule has 2 aromatic rings. The van der Waals surface area contributed by atoms with E-state index < -0.39 is 5.60 Å². The number of anilines is 1. The minimum atomic E-state index is -0.401. The first-order valence-corrected chi connectivity index (χ1v) is 7.78. The molecule has 1 fully saturated rings. The van der Waals surface area contributed by atoms with Crippen LogP contribution in [0.3, 0.4) is 0 Å². The van der Waals surface area contributed by atoms with Crippen LogP contribution in [0, 0.1) is 0 Å². The van der Waals surface area contributed by atoms with Crippen molar-refractivity contribution in [1.29, 1.82) is 0 Å². The number of hydrogen-bond acceptors (Lipinski definition) is 5. The molecule has 23 heavy (non-hydrogen) atoms. The lowest BCUT2D eigenvalue weighted by molar-refractivity contribution is -0.0786. The zero-order valence-corrected chi connectivity index (χ0v) is 12.7. The van der Waals surface area contributed by atoms with Crippen LogP contribution >= 0.6 is 0 Å². The Kier molecular flexibility index (Phi) is 3.27. The van der Waals surface area contributed by atoms with Gasteiger partial charge in [-0.25, -0.2) is 9.97 Å². The van der Waals surface area contributed by atoms with Gasteiger partial charge in [-0.1, -0.05) is 24.3 Å². The van der Waals surface area contributed by atoms with Crippen molar-refractivity contribution in [3.05, 3.63) is 53.5 Å². The van der Waals surface area contributed by atoms with Gasteiger partial charge in [0.25, 0.3) is 5.91 Å². The molecular formula is C17H18N4O2. The third-order valence-electron chi connectivity index (χ3n) is 4.68. The number of ether oxygens (including phenoxy) is 1. The Labute approximate surface area is 134 Å². The van der Waals surface area contributed by atoms with E-state index in [0.29, 0.717) is 19.7 Å². The number of benzene rings is 1. The molecule has 0 saturated carbocycles. The topological polar surface area (TPSA) is 81.3 Å². The lowest BCUT2D eigenvalue weighted by Crippen LogP contribution is -2.48. The van der Waals surface area contributed by atoms with Crippen LogP contribution in [-0.2, 0) is 16.9 Å². The molecule has 1 aromatic carbocycles. The summed E-state index contributed by atoms with van der Waals surface area (Å²) in [7, 11) is 0. The second-order valence-electron chi connectivity index (χ2n) is 6.06. The smallest absolute Gasteiger partial charge is 0.276 e. The zero-order valence-electron chi connectivity index (χ0n) is 12.7. The molecule has 1 atom stereocenters. The normalized spacial score (nSPS) is 23.0. The summed E-state index contributed by atoms with van der Waals surface area (Å²) < 4.78 is 6.14. The van der Waals surface area contributed by atoms with Crippen LogP contribution in [0.4, 0.5) is 5.82 Å². The molecule has 4 rings (SSSR count). The third-order valence-corrected chi connectivity index (χ3v) is 4.68. The van der Waals surface area contributed by atoms with Gasteiger partial charge in [0.1, 0.15) is 5.60 Å². The number of piperidine rings is 1. The van der Waals surface area contributed by atoms with Crippen molar-refractivity contribution >= 4 is 11.7 Å². The summed E-state index contributed by atoms with van der Waals surface area (Å²) in [5.74, 6) is -0.00693. The summed E-state index contributed by atoms with van der Waals surface area (Å²) in [6, 6.07) is 8.24. The average Bonchev–Trinajstić information content (AvgIpc) is 2.93. The standard InChI is InChI=1S/C17H18N4O2/c18-15-14(19-7-8-20-15)16(22)21-9-3-6-17(11-21)13-5-2-1-4-12(13)10-23-17/h1-2,4-5,7-8H,3,6,9-11H2,(H2,18,20). The summed E-state index contributed by atoms with van der Waals surface area (Å²) in [6.07, 6.45) is 4.79. The van der Waals surface area contributed by atoms with E-state index in [1.165, 1.54) is 23.5 Å². The largest absolute Gasteiger partial charge is 0.382 e. The third kappa shape index (κ3) is 2.26. The molecule has 1 saturated heterocycles. The van der Waals surface area contributed by atoms with Gasteiger partial charge < -0.3 is 15.4 Å². The van der Waals surface area contributed by atoms with E-state index in [4.69, 9.17) is 10.5 Å².